The number of hydrogen-bond donors (Lipinski definition) is 0. The second-order valence-corrected chi connectivity index (χ2v) is 10.3. The molecule has 0 spiro atoms. The van der Waals surface area contributed by atoms with Gasteiger partial charge in [0.05, 0.1) is 47.2 Å². The molecule has 0 N–H and O–H groups in total. The summed E-state index contributed by atoms with van der Waals surface area (Å²) in [7, 11) is 1.34. The van der Waals surface area contributed by atoms with E-state index in [-0.39, 0.29) is 71.5 Å². The Kier molecular flexibility index (Phi) is 5.66. The molecule has 0 unspecified atom stereocenters. The van der Waals surface area contributed by atoms with Gasteiger partial charge in [0.25, 0.3) is 5.69 Å². The molecular formula is C27H25N3O8. The zero-order valence-electron chi connectivity index (χ0n) is 20.6. The Morgan fingerprint density at radius 3 is 2.39 bits per heavy atom. The number of amides is 3. The molecule has 2 aliphatic carbocycles. The summed E-state index contributed by atoms with van der Waals surface area (Å²) in [6, 6.07) is 10.2. The Balaban J connectivity index is 1.17. The number of carbonyl (C=O) groups is 4. The van der Waals surface area contributed by atoms with Gasteiger partial charge in [-0.25, -0.2) is 4.90 Å². The molecule has 11 heteroatoms. The van der Waals surface area contributed by atoms with Gasteiger partial charge in [0, 0.05) is 25.1 Å². The lowest BCUT2D eigenvalue weighted by atomic mass is 9.81. The first-order chi connectivity index (χ1) is 18.3. The summed E-state index contributed by atoms with van der Waals surface area (Å²) in [6.07, 6.45) is 2.81. The van der Waals surface area contributed by atoms with E-state index in [1.807, 2.05) is 0 Å². The van der Waals surface area contributed by atoms with Crippen LogP contribution in [0.1, 0.15) is 25.7 Å². The molecule has 6 rings (SSSR count). The topological polar surface area (TPSA) is 136 Å². The van der Waals surface area contributed by atoms with Gasteiger partial charge in [-0.05, 0) is 49.3 Å². The van der Waals surface area contributed by atoms with Crippen LogP contribution in [0.4, 0.5) is 17.1 Å². The number of imide groups is 1. The van der Waals surface area contributed by atoms with Crippen LogP contribution in [0.25, 0.3) is 0 Å². The Morgan fingerprint density at radius 2 is 1.74 bits per heavy atom. The number of nitrogens with zero attached hydrogens (tertiary/aromatic N) is 3. The molecule has 11 nitrogen and oxygen atoms in total. The predicted molar refractivity (Wildman–Crippen MR) is 132 cm³/mol. The molecule has 4 aliphatic rings. The van der Waals surface area contributed by atoms with Crippen molar-refractivity contribution in [3.05, 3.63) is 52.6 Å². The predicted octanol–water partition coefficient (Wildman–Crippen LogP) is 3.10. The van der Waals surface area contributed by atoms with Gasteiger partial charge in [-0.1, -0.05) is 6.07 Å². The van der Waals surface area contributed by atoms with Crippen LogP contribution in [0, 0.1) is 39.7 Å². The number of methoxy groups -OCH3 is 1. The van der Waals surface area contributed by atoms with Gasteiger partial charge >= 0.3 is 5.97 Å². The third-order valence-corrected chi connectivity index (χ3v) is 8.35. The minimum Gasteiger partial charge on any atom is -0.494 e. The summed E-state index contributed by atoms with van der Waals surface area (Å²) in [5.41, 5.74) is 0.518. The fourth-order valence-corrected chi connectivity index (χ4v) is 6.65. The van der Waals surface area contributed by atoms with Crippen LogP contribution in [0.5, 0.6) is 11.5 Å². The van der Waals surface area contributed by atoms with Crippen molar-refractivity contribution in [3.8, 4) is 11.5 Å². The molecule has 2 aromatic carbocycles. The minimum absolute atomic E-state index is 0.0146. The van der Waals surface area contributed by atoms with Crippen molar-refractivity contribution in [1.82, 2.24) is 0 Å². The maximum Gasteiger partial charge on any atom is 0.316 e. The van der Waals surface area contributed by atoms with Crippen molar-refractivity contribution in [1.29, 1.82) is 0 Å². The third kappa shape index (κ3) is 3.72. The van der Waals surface area contributed by atoms with E-state index in [1.165, 1.54) is 41.2 Å². The minimum atomic E-state index is -0.781. The summed E-state index contributed by atoms with van der Waals surface area (Å²) >= 11 is 0. The number of ether oxygens (including phenoxy) is 2. The van der Waals surface area contributed by atoms with Crippen LogP contribution >= 0.6 is 0 Å². The van der Waals surface area contributed by atoms with E-state index < -0.39 is 16.8 Å². The molecule has 2 saturated carbocycles. The monoisotopic (exact) mass is 519 g/mol. The van der Waals surface area contributed by atoms with Crippen molar-refractivity contribution in [2.45, 2.75) is 25.7 Å². The molecule has 2 bridgehead atoms. The van der Waals surface area contributed by atoms with Crippen molar-refractivity contribution in [3.63, 3.8) is 0 Å². The SMILES string of the molecule is COc1cc([N+](=O)[O-])ccc1N1C[C@@H](C(=O)Oc2cccc(N3C(=O)[C@@H]4[C@H]5CC[C@@H](C5)[C@@H]4C3=O)c2)CC1=O. The van der Waals surface area contributed by atoms with Crippen LogP contribution in [0.15, 0.2) is 42.5 Å². The Hall–Kier alpha value is -4.28. The fraction of sp³-hybridized carbons (Fsp3) is 0.407. The lowest BCUT2D eigenvalue weighted by Crippen LogP contribution is -2.32. The zero-order chi connectivity index (χ0) is 26.7. The van der Waals surface area contributed by atoms with E-state index in [1.54, 1.807) is 18.2 Å². The summed E-state index contributed by atoms with van der Waals surface area (Å²) in [4.78, 5) is 65.1. The highest BCUT2D eigenvalue weighted by Gasteiger charge is 2.61. The van der Waals surface area contributed by atoms with Crippen LogP contribution < -0.4 is 19.3 Å². The van der Waals surface area contributed by atoms with E-state index in [4.69, 9.17) is 9.47 Å². The van der Waals surface area contributed by atoms with Crippen molar-refractivity contribution < 1.29 is 33.6 Å². The molecule has 3 amide bonds. The average molecular weight is 520 g/mol. The number of nitro benzene ring substituents is 1. The van der Waals surface area contributed by atoms with E-state index in [9.17, 15) is 29.3 Å². The molecule has 2 aliphatic heterocycles. The van der Waals surface area contributed by atoms with E-state index in [0.29, 0.717) is 11.4 Å². The summed E-state index contributed by atoms with van der Waals surface area (Å²) in [5.74, 6) is -1.76. The highest BCUT2D eigenvalue weighted by atomic mass is 16.6. The molecule has 196 valence electrons. The number of esters is 1. The molecule has 5 atom stereocenters. The Morgan fingerprint density at radius 1 is 1.03 bits per heavy atom. The van der Waals surface area contributed by atoms with Crippen LogP contribution in [0.2, 0.25) is 0 Å². The van der Waals surface area contributed by atoms with Crippen LogP contribution in [-0.2, 0) is 19.2 Å². The first kappa shape index (κ1) is 24.1. The summed E-state index contributed by atoms with van der Waals surface area (Å²) < 4.78 is 10.8. The number of nitro groups is 1. The quantitative estimate of drug-likeness (QED) is 0.187. The largest absolute Gasteiger partial charge is 0.494 e. The van der Waals surface area contributed by atoms with Crippen molar-refractivity contribution in [2.24, 2.45) is 29.6 Å². The maximum atomic E-state index is 13.2. The van der Waals surface area contributed by atoms with Gasteiger partial charge in [-0.2, -0.15) is 0 Å². The molecule has 0 radical (unpaired) electrons. The number of fused-ring (bicyclic) bond motifs is 5. The number of non-ortho nitro benzene ring substituents is 1. The first-order valence-corrected chi connectivity index (χ1v) is 12.6. The lowest BCUT2D eigenvalue weighted by Gasteiger charge is -2.19. The van der Waals surface area contributed by atoms with Crippen LogP contribution in [-0.4, -0.2) is 42.3 Å². The average Bonchev–Trinajstić information content (AvgIpc) is 3.67. The van der Waals surface area contributed by atoms with Gasteiger partial charge in [0.1, 0.15) is 11.5 Å². The van der Waals surface area contributed by atoms with E-state index >= 15 is 0 Å². The molecule has 0 aromatic heterocycles. The maximum absolute atomic E-state index is 13.2. The number of rotatable bonds is 6. The van der Waals surface area contributed by atoms with Gasteiger partial charge < -0.3 is 14.4 Å². The Labute approximate surface area is 217 Å². The molecule has 38 heavy (non-hydrogen) atoms. The fourth-order valence-electron chi connectivity index (χ4n) is 6.65. The molecule has 2 heterocycles. The molecule has 4 fully saturated rings. The standard InChI is InChI=1S/C27H25N3O8/c1-37-21-12-18(30(35)36)7-8-20(21)28-13-16(10-22(28)31)27(34)38-19-4-2-3-17(11-19)29-25(32)23-14-5-6-15(9-14)24(23)26(29)33/h2-4,7-8,11-12,14-16,23-24H,5-6,9-10,13H2,1H3/t14-,15-,16-,23-,24+/m0/s1. The van der Waals surface area contributed by atoms with E-state index in [0.717, 1.165) is 19.3 Å². The highest BCUT2D eigenvalue weighted by Crippen LogP contribution is 2.56. The number of hydrogen-bond acceptors (Lipinski definition) is 8. The molecular weight excluding hydrogens is 494 g/mol. The normalized spacial score (nSPS) is 27.7. The highest BCUT2D eigenvalue weighted by molar-refractivity contribution is 6.22. The van der Waals surface area contributed by atoms with Crippen molar-refractivity contribution in [2.75, 3.05) is 23.5 Å². The first-order valence-electron chi connectivity index (χ1n) is 12.6. The van der Waals surface area contributed by atoms with Gasteiger partial charge in [-0.15, -0.1) is 0 Å². The second-order valence-electron chi connectivity index (χ2n) is 10.3. The summed E-state index contributed by atoms with van der Waals surface area (Å²) in [5, 5.41) is 11.1. The third-order valence-electron chi connectivity index (χ3n) is 8.35. The number of benzene rings is 2. The van der Waals surface area contributed by atoms with Gasteiger partial charge in [-0.3, -0.25) is 29.3 Å². The Bertz CT molecular complexity index is 1360. The zero-order valence-corrected chi connectivity index (χ0v) is 20.6. The number of carbonyl (C=O) groups excluding carboxylic acids is 4. The van der Waals surface area contributed by atoms with E-state index in [2.05, 4.69) is 0 Å². The summed E-state index contributed by atoms with van der Waals surface area (Å²) in [6.45, 7) is 0.0146. The molecule has 2 saturated heterocycles. The molecule has 2 aromatic rings. The van der Waals surface area contributed by atoms with Crippen LogP contribution in [0.3, 0.4) is 0 Å². The second kappa shape index (κ2) is 8.93. The smallest absolute Gasteiger partial charge is 0.316 e. The van der Waals surface area contributed by atoms with Gasteiger partial charge in [0.2, 0.25) is 17.7 Å². The van der Waals surface area contributed by atoms with Gasteiger partial charge in [0.15, 0.2) is 0 Å². The van der Waals surface area contributed by atoms with Crippen molar-refractivity contribution >= 4 is 40.8 Å². The lowest BCUT2D eigenvalue weighted by molar-refractivity contribution is -0.384. The number of anilines is 2.